The van der Waals surface area contributed by atoms with Crippen molar-refractivity contribution in [2.45, 2.75) is 110 Å². The van der Waals surface area contributed by atoms with Crippen molar-refractivity contribution >= 4 is 12.1 Å². The molecule has 2 fully saturated rings. The van der Waals surface area contributed by atoms with E-state index in [4.69, 9.17) is 14.2 Å². The Hall–Kier alpha value is -1.44. The second-order valence-electron chi connectivity index (χ2n) is 10.2. The smallest absolute Gasteiger partial charge is 0.410 e. The molecule has 32 heavy (non-hydrogen) atoms. The predicted molar refractivity (Wildman–Crippen MR) is 118 cm³/mol. The quantitative estimate of drug-likeness (QED) is 0.420. The fourth-order valence-corrected chi connectivity index (χ4v) is 4.49. The zero-order chi connectivity index (χ0) is 23.9. The van der Waals surface area contributed by atoms with Gasteiger partial charge in [0.15, 0.2) is 0 Å². The number of carbonyl (C=O) groups excluding carboxylic acids is 2. The Morgan fingerprint density at radius 2 is 1.72 bits per heavy atom. The van der Waals surface area contributed by atoms with Gasteiger partial charge in [0.2, 0.25) is 5.92 Å². The van der Waals surface area contributed by atoms with E-state index in [0.717, 1.165) is 25.7 Å². The molecule has 1 amide bonds. The molecule has 0 aromatic carbocycles. The van der Waals surface area contributed by atoms with Crippen LogP contribution in [0.1, 0.15) is 86.0 Å². The Kier molecular flexibility index (Phi) is 9.73. The summed E-state index contributed by atoms with van der Waals surface area (Å²) >= 11 is 0. The van der Waals surface area contributed by atoms with Gasteiger partial charge in [0.25, 0.3) is 0 Å². The van der Waals surface area contributed by atoms with E-state index in [1.165, 1.54) is 6.92 Å². The van der Waals surface area contributed by atoms with Crippen LogP contribution in [-0.4, -0.2) is 60.4 Å². The van der Waals surface area contributed by atoms with Crippen molar-refractivity contribution in [3.8, 4) is 0 Å². The maximum Gasteiger partial charge on any atom is 0.410 e. The second kappa shape index (κ2) is 11.6. The van der Waals surface area contributed by atoms with Gasteiger partial charge in [-0.2, -0.15) is 0 Å². The molecule has 1 heterocycles. The number of halogens is 2. The molecule has 2 aliphatic rings. The second-order valence-corrected chi connectivity index (χ2v) is 10.2. The zero-order valence-corrected chi connectivity index (χ0v) is 20.3. The molecule has 8 heteroatoms. The first-order chi connectivity index (χ1) is 14.9. The Morgan fingerprint density at radius 3 is 2.28 bits per heavy atom. The average Bonchev–Trinajstić information content (AvgIpc) is 3.14. The number of hydrogen-bond donors (Lipinski definition) is 0. The Labute approximate surface area is 191 Å². The van der Waals surface area contributed by atoms with Crippen LogP contribution in [-0.2, 0) is 19.0 Å². The zero-order valence-electron chi connectivity index (χ0n) is 20.3. The maximum atomic E-state index is 13.7. The molecule has 0 aromatic rings. The third-order valence-electron chi connectivity index (χ3n) is 6.38. The lowest BCUT2D eigenvalue weighted by Crippen LogP contribution is -2.42. The summed E-state index contributed by atoms with van der Waals surface area (Å²) in [5, 5.41) is 0. The molecule has 1 saturated carbocycles. The molecule has 2 atom stereocenters. The van der Waals surface area contributed by atoms with Gasteiger partial charge in [-0.05, 0) is 72.1 Å². The van der Waals surface area contributed by atoms with Gasteiger partial charge in [0, 0.05) is 19.4 Å². The van der Waals surface area contributed by atoms with Crippen molar-refractivity contribution in [2.75, 3.05) is 19.8 Å². The molecule has 0 spiro atoms. The Morgan fingerprint density at radius 1 is 1.06 bits per heavy atom. The third-order valence-corrected chi connectivity index (χ3v) is 6.38. The van der Waals surface area contributed by atoms with Crippen molar-refractivity contribution in [3.63, 3.8) is 0 Å². The minimum atomic E-state index is -2.66. The molecule has 0 aromatic heterocycles. The van der Waals surface area contributed by atoms with E-state index in [1.807, 2.05) is 20.8 Å². The molecule has 0 unspecified atom stereocenters. The molecule has 0 radical (unpaired) electrons. The fourth-order valence-electron chi connectivity index (χ4n) is 4.49. The summed E-state index contributed by atoms with van der Waals surface area (Å²) in [5.41, 5.74) is -0.624. The SMILES string of the molecule is CCOC(=O)C1CCC(OC[C@@H]2C[C@H](CCC(F)(F)CC)CN2C(=O)OC(C)(C)C)CC1. The Balaban J connectivity index is 1.90. The lowest BCUT2D eigenvalue weighted by atomic mass is 9.87. The summed E-state index contributed by atoms with van der Waals surface area (Å²) in [6.45, 7) is 9.90. The molecule has 0 N–H and O–H groups in total. The van der Waals surface area contributed by atoms with Crippen LogP contribution in [0.15, 0.2) is 0 Å². The number of hydrogen-bond acceptors (Lipinski definition) is 5. The first-order valence-electron chi connectivity index (χ1n) is 12.1. The standard InChI is InChI=1S/C24H41F2NO5/c1-6-24(25,26)13-12-17-14-19(27(15-17)22(29)32-23(3,4)5)16-31-20-10-8-18(9-11-20)21(28)30-7-2/h17-20H,6-16H2,1-5H3/t17-,18?,19-,20?/m0/s1. The van der Waals surface area contributed by atoms with Gasteiger partial charge in [0.05, 0.1) is 31.3 Å². The van der Waals surface area contributed by atoms with E-state index >= 15 is 0 Å². The van der Waals surface area contributed by atoms with Crippen LogP contribution < -0.4 is 0 Å². The minimum absolute atomic E-state index is 0.00749. The number of nitrogens with zero attached hydrogens (tertiary/aromatic N) is 1. The average molecular weight is 462 g/mol. The Bertz CT molecular complexity index is 614. The molecule has 2 rings (SSSR count). The van der Waals surface area contributed by atoms with Crippen LogP contribution in [0.5, 0.6) is 0 Å². The van der Waals surface area contributed by atoms with Crippen molar-refractivity contribution < 1.29 is 32.6 Å². The summed E-state index contributed by atoms with van der Waals surface area (Å²) in [5.74, 6) is -2.86. The van der Waals surface area contributed by atoms with Gasteiger partial charge in [-0.15, -0.1) is 0 Å². The van der Waals surface area contributed by atoms with E-state index < -0.39 is 17.6 Å². The van der Waals surface area contributed by atoms with Crippen LogP contribution >= 0.6 is 0 Å². The summed E-state index contributed by atoms with van der Waals surface area (Å²) in [6.07, 6.45) is 3.31. The van der Waals surface area contributed by atoms with E-state index in [0.29, 0.717) is 32.6 Å². The van der Waals surface area contributed by atoms with Crippen LogP contribution in [0.25, 0.3) is 0 Å². The van der Waals surface area contributed by atoms with E-state index in [2.05, 4.69) is 0 Å². The number of ether oxygens (including phenoxy) is 3. The number of rotatable bonds is 9. The highest BCUT2D eigenvalue weighted by atomic mass is 19.3. The van der Waals surface area contributed by atoms with Gasteiger partial charge >= 0.3 is 12.1 Å². The van der Waals surface area contributed by atoms with Crippen LogP contribution in [0, 0.1) is 11.8 Å². The van der Waals surface area contributed by atoms with Gasteiger partial charge < -0.3 is 19.1 Å². The van der Waals surface area contributed by atoms with Crippen LogP contribution in [0.2, 0.25) is 0 Å². The lowest BCUT2D eigenvalue weighted by molar-refractivity contribution is -0.150. The van der Waals surface area contributed by atoms with Gasteiger partial charge in [-0.1, -0.05) is 6.92 Å². The topological polar surface area (TPSA) is 65.1 Å². The molecule has 6 nitrogen and oxygen atoms in total. The van der Waals surface area contributed by atoms with Crippen LogP contribution in [0.4, 0.5) is 13.6 Å². The number of alkyl halides is 2. The summed E-state index contributed by atoms with van der Waals surface area (Å²) < 4.78 is 44.3. The highest BCUT2D eigenvalue weighted by molar-refractivity contribution is 5.72. The van der Waals surface area contributed by atoms with Crippen molar-refractivity contribution in [2.24, 2.45) is 11.8 Å². The molecule has 1 aliphatic carbocycles. The first kappa shape index (κ1) is 26.8. The highest BCUT2D eigenvalue weighted by Crippen LogP contribution is 2.34. The highest BCUT2D eigenvalue weighted by Gasteiger charge is 2.39. The molecule has 0 bridgehead atoms. The molecule has 1 aliphatic heterocycles. The monoisotopic (exact) mass is 461 g/mol. The van der Waals surface area contributed by atoms with Crippen molar-refractivity contribution in [1.82, 2.24) is 4.90 Å². The predicted octanol–water partition coefficient (Wildman–Crippen LogP) is 5.58. The van der Waals surface area contributed by atoms with Crippen molar-refractivity contribution in [1.29, 1.82) is 0 Å². The largest absolute Gasteiger partial charge is 0.466 e. The van der Waals surface area contributed by atoms with E-state index in [-0.39, 0.29) is 42.8 Å². The third kappa shape index (κ3) is 8.49. The molecular weight excluding hydrogens is 420 g/mol. The van der Waals surface area contributed by atoms with E-state index in [9.17, 15) is 18.4 Å². The van der Waals surface area contributed by atoms with E-state index in [1.54, 1.807) is 11.8 Å². The van der Waals surface area contributed by atoms with Gasteiger partial charge in [-0.3, -0.25) is 4.79 Å². The normalized spacial score (nSPS) is 26.8. The summed E-state index contributed by atoms with van der Waals surface area (Å²) in [4.78, 5) is 26.3. The summed E-state index contributed by atoms with van der Waals surface area (Å²) in [7, 11) is 0. The number of likely N-dealkylation sites (tertiary alicyclic amines) is 1. The van der Waals surface area contributed by atoms with Gasteiger partial charge in [-0.25, -0.2) is 13.6 Å². The van der Waals surface area contributed by atoms with Crippen LogP contribution in [0.3, 0.4) is 0 Å². The lowest BCUT2D eigenvalue weighted by Gasteiger charge is -2.31. The maximum absolute atomic E-state index is 13.7. The molecule has 1 saturated heterocycles. The first-order valence-corrected chi connectivity index (χ1v) is 12.1. The summed E-state index contributed by atoms with van der Waals surface area (Å²) in [6, 6.07) is -0.187. The number of amides is 1. The van der Waals surface area contributed by atoms with Gasteiger partial charge in [0.1, 0.15) is 5.60 Å². The molecular formula is C24H41F2NO5. The van der Waals surface area contributed by atoms with Crippen molar-refractivity contribution in [3.05, 3.63) is 0 Å². The minimum Gasteiger partial charge on any atom is -0.466 e. The number of carbonyl (C=O) groups is 2. The fraction of sp³-hybridized carbons (Fsp3) is 0.917. The number of esters is 1. The molecule has 186 valence electrons.